The molecular formula is C32H40FeN4NaO32. The number of aliphatic carboxylic acids is 12. The fourth-order valence-electron chi connectivity index (χ4n) is 3.15. The summed E-state index contributed by atoms with van der Waals surface area (Å²) in [6.07, 6.45) is -12.7. The van der Waals surface area contributed by atoms with E-state index < -0.39 is 170 Å². The van der Waals surface area contributed by atoms with Crippen LogP contribution in [0.1, 0.15) is 51.4 Å². The molecule has 70 heavy (non-hydrogen) atoms. The van der Waals surface area contributed by atoms with Crippen LogP contribution in [0.5, 0.6) is 0 Å². The third kappa shape index (κ3) is 36.9. The van der Waals surface area contributed by atoms with Gasteiger partial charge in [0.2, 0.25) is 0 Å². The molecule has 0 saturated heterocycles. The first-order chi connectivity index (χ1) is 31.0. The standard InChI is InChI=1S/4C8H11NO8.Fe.Na/c4*9-3(6(11)12)1-2-4(10)17-5(7(13)14)8(15)16;;/h4*3,5H,1-2,9H2,(H,11,12)(H,13,14)(H,15,16);;/q;;;;+3;+1/p-4/t4*3-;;/m0000../s1. The van der Waals surface area contributed by atoms with Gasteiger partial charge in [0.25, 0.3) is 24.4 Å². The summed E-state index contributed by atoms with van der Waals surface area (Å²) in [5.74, 6) is -25.7. The van der Waals surface area contributed by atoms with Crippen molar-refractivity contribution in [1.29, 1.82) is 0 Å². The fourth-order valence-corrected chi connectivity index (χ4v) is 3.15. The van der Waals surface area contributed by atoms with Crippen molar-refractivity contribution in [1.82, 2.24) is 0 Å². The van der Waals surface area contributed by atoms with Gasteiger partial charge in [-0.2, -0.15) is 0 Å². The van der Waals surface area contributed by atoms with E-state index in [-0.39, 0.29) is 72.3 Å². The van der Waals surface area contributed by atoms with Gasteiger partial charge in [-0.25, -0.2) is 38.4 Å². The summed E-state index contributed by atoms with van der Waals surface area (Å²) in [6.45, 7) is 0. The molecule has 0 spiro atoms. The van der Waals surface area contributed by atoms with Gasteiger partial charge in [-0.15, -0.1) is 0 Å². The second kappa shape index (κ2) is 38.8. The summed E-state index contributed by atoms with van der Waals surface area (Å²) >= 11 is 0. The number of rotatable bonds is 28. The quantitative estimate of drug-likeness (QED) is 0.0150. The van der Waals surface area contributed by atoms with Gasteiger partial charge in [0.1, 0.15) is 0 Å². The van der Waals surface area contributed by atoms with E-state index in [0.717, 1.165) is 0 Å². The largest absolute Gasteiger partial charge is 3.00 e. The minimum Gasteiger partial charge on any atom is -0.548 e. The minimum atomic E-state index is -2.32. The number of ether oxygens (including phenoxy) is 4. The van der Waals surface area contributed by atoms with E-state index in [9.17, 15) is 97.1 Å². The SMILES string of the molecule is N[C@@H](CCC(=O)OC(C(=O)O)C(=O)O)C(=O)[O-].N[C@@H](CCC(=O)OC(C(=O)O)C(=O)O)C(=O)[O-].N[C@@H](CCC(=O)OC(C(=O)O)C(=O)O)C(=O)[O-].N[C@@H](CCC(=O)OC(C(=O)O)C(=O)O)C(=O)[O-].[Fe+3].[Na+]. The van der Waals surface area contributed by atoms with Crippen molar-refractivity contribution in [3.05, 3.63) is 0 Å². The Morgan fingerprint density at radius 3 is 0.514 bits per heavy atom. The number of carbonyl (C=O) groups excluding carboxylic acids is 8. The topological polar surface area (TPSA) is 668 Å². The zero-order valence-electron chi connectivity index (χ0n) is 35.3. The van der Waals surface area contributed by atoms with Crippen molar-refractivity contribution in [2.24, 2.45) is 22.9 Å². The average Bonchev–Trinajstić information content (AvgIpc) is 3.21. The zero-order chi connectivity index (χ0) is 54.3. The smallest absolute Gasteiger partial charge is 0.548 e. The normalized spacial score (nSPS) is 11.5. The molecule has 1 radical (unpaired) electrons. The Morgan fingerprint density at radius 1 is 0.314 bits per heavy atom. The molecule has 4 atom stereocenters. The summed E-state index contributed by atoms with van der Waals surface area (Å²) in [5.41, 5.74) is 20.1. The number of carboxylic acid groups (broad SMARTS) is 12. The molecule has 0 heterocycles. The molecule has 0 aliphatic carbocycles. The van der Waals surface area contributed by atoms with Crippen molar-refractivity contribution in [2.75, 3.05) is 0 Å². The van der Waals surface area contributed by atoms with Gasteiger partial charge in [-0.3, -0.25) is 19.2 Å². The van der Waals surface area contributed by atoms with E-state index in [0.29, 0.717) is 0 Å². The number of hydrogen-bond donors (Lipinski definition) is 12. The molecule has 36 nitrogen and oxygen atoms in total. The summed E-state index contributed by atoms with van der Waals surface area (Å²) in [5, 5.41) is 108. The first-order valence-electron chi connectivity index (χ1n) is 17.5. The first-order valence-corrected chi connectivity index (χ1v) is 17.5. The van der Waals surface area contributed by atoms with E-state index in [1.54, 1.807) is 0 Å². The summed E-state index contributed by atoms with van der Waals surface area (Å²) in [6, 6.07) is -5.63. The van der Waals surface area contributed by atoms with E-state index >= 15 is 0 Å². The molecule has 0 fully saturated rings. The summed E-state index contributed by atoms with van der Waals surface area (Å²) < 4.78 is 16.4. The van der Waals surface area contributed by atoms with Crippen LogP contribution in [-0.2, 0) is 113 Å². The molecule has 38 heteroatoms. The van der Waals surface area contributed by atoms with E-state index in [2.05, 4.69) is 18.9 Å². The Balaban J connectivity index is -0.000000193. The molecule has 0 unspecified atom stereocenters. The van der Waals surface area contributed by atoms with Crippen LogP contribution in [-0.4, -0.2) is 185 Å². The molecule has 0 aliphatic rings. The predicted octanol–water partition coefficient (Wildman–Crippen LogP) is -15.3. The third-order valence-corrected chi connectivity index (χ3v) is 6.64. The van der Waals surface area contributed by atoms with Gasteiger partial charge in [0, 0.05) is 49.9 Å². The van der Waals surface area contributed by atoms with Crippen LogP contribution >= 0.6 is 0 Å². The Labute approximate surface area is 420 Å². The number of esters is 4. The molecular weight excluding hydrogens is 1030 g/mol. The van der Waals surface area contributed by atoms with Crippen LogP contribution in [0.4, 0.5) is 0 Å². The molecule has 0 rings (SSSR count). The van der Waals surface area contributed by atoms with E-state index in [1.807, 2.05) is 0 Å². The average molecular weight is 1070 g/mol. The molecule has 16 N–H and O–H groups in total. The van der Waals surface area contributed by atoms with Crippen molar-refractivity contribution in [3.63, 3.8) is 0 Å². The molecule has 0 saturated carbocycles. The summed E-state index contributed by atoms with van der Waals surface area (Å²) in [4.78, 5) is 167. The second-order valence-electron chi connectivity index (χ2n) is 12.0. The van der Waals surface area contributed by atoms with Crippen molar-refractivity contribution in [3.8, 4) is 0 Å². The molecule has 0 aromatic heterocycles. The Morgan fingerprint density at radius 2 is 0.429 bits per heavy atom. The van der Waals surface area contributed by atoms with E-state index in [1.165, 1.54) is 0 Å². The van der Waals surface area contributed by atoms with Gasteiger partial charge in [0.05, 0.1) is 23.9 Å². The maximum Gasteiger partial charge on any atom is 3.00 e. The van der Waals surface area contributed by atoms with Crippen molar-refractivity contribution >= 4 is 95.5 Å². The molecule has 0 aromatic rings. The Hall–Kier alpha value is -7.12. The molecule has 0 amide bonds. The molecule has 0 bridgehead atoms. The van der Waals surface area contributed by atoms with Crippen LogP contribution in [0.25, 0.3) is 0 Å². The third-order valence-electron chi connectivity index (χ3n) is 6.64. The Bertz CT molecular complexity index is 1580. The number of hydrogen-bond acceptors (Lipinski definition) is 28. The molecule has 0 aliphatic heterocycles. The predicted molar refractivity (Wildman–Crippen MR) is 189 cm³/mol. The second-order valence-corrected chi connectivity index (χ2v) is 12.0. The van der Waals surface area contributed by atoms with Gasteiger partial charge < -0.3 is 122 Å². The van der Waals surface area contributed by atoms with Crippen LogP contribution in [0, 0.1) is 0 Å². The van der Waals surface area contributed by atoms with Crippen LogP contribution in [0.3, 0.4) is 0 Å². The maximum absolute atomic E-state index is 11.0. The zero-order valence-corrected chi connectivity index (χ0v) is 38.4. The van der Waals surface area contributed by atoms with Gasteiger partial charge >= 0.3 is 118 Å². The first kappa shape index (κ1) is 74.4. The van der Waals surface area contributed by atoms with Crippen molar-refractivity contribution in [2.45, 2.75) is 99.9 Å². The molecule has 0 aromatic carbocycles. The van der Waals surface area contributed by atoms with Crippen molar-refractivity contribution < 1.29 is 204 Å². The number of carbonyl (C=O) groups is 16. The Kier molecular flexibility index (Phi) is 41.3. The fraction of sp³-hybridized carbons (Fsp3) is 0.500. The number of nitrogens with two attached hydrogens (primary N) is 4. The monoisotopic (exact) mass is 1070 g/mol. The minimum absolute atomic E-state index is 0. The van der Waals surface area contributed by atoms with Crippen LogP contribution in [0.2, 0.25) is 0 Å². The summed E-state index contributed by atoms with van der Waals surface area (Å²) in [7, 11) is 0. The maximum atomic E-state index is 11.0. The van der Waals surface area contributed by atoms with Gasteiger partial charge in [-0.1, -0.05) is 0 Å². The number of carboxylic acids is 12. The van der Waals surface area contributed by atoms with Gasteiger partial charge in [0.15, 0.2) is 0 Å². The van der Waals surface area contributed by atoms with Gasteiger partial charge in [-0.05, 0) is 25.7 Å². The molecule has 389 valence electrons. The van der Waals surface area contributed by atoms with Crippen LogP contribution < -0.4 is 72.9 Å². The van der Waals surface area contributed by atoms with E-state index in [4.69, 9.17) is 63.8 Å². The van der Waals surface area contributed by atoms with Crippen LogP contribution in [0.15, 0.2) is 0 Å².